The maximum absolute atomic E-state index is 13.0. The molecular formula is C24H18BrNO5. The molecule has 0 radical (unpaired) electrons. The summed E-state index contributed by atoms with van der Waals surface area (Å²) in [5, 5.41) is 0. The molecule has 2 amide bonds. The van der Waals surface area contributed by atoms with Crippen LogP contribution in [0.4, 0.5) is 5.69 Å². The van der Waals surface area contributed by atoms with Gasteiger partial charge in [-0.2, -0.15) is 0 Å². The monoisotopic (exact) mass is 479 g/mol. The Morgan fingerprint density at radius 3 is 2.23 bits per heavy atom. The number of anilines is 1. The van der Waals surface area contributed by atoms with Crippen LogP contribution in [0.2, 0.25) is 0 Å². The lowest BCUT2D eigenvalue weighted by atomic mass is 9.85. The second kappa shape index (κ2) is 7.57. The Labute approximate surface area is 187 Å². The van der Waals surface area contributed by atoms with Crippen LogP contribution in [0.1, 0.15) is 27.1 Å². The van der Waals surface area contributed by atoms with Gasteiger partial charge in [0.1, 0.15) is 0 Å². The molecule has 0 N–H and O–H groups in total. The van der Waals surface area contributed by atoms with Crippen LogP contribution in [0.3, 0.4) is 0 Å². The molecule has 4 atom stereocenters. The molecule has 156 valence electrons. The normalized spacial score (nSPS) is 25.8. The summed E-state index contributed by atoms with van der Waals surface area (Å²) in [5.74, 6) is -1.79. The van der Waals surface area contributed by atoms with E-state index >= 15 is 0 Å². The summed E-state index contributed by atoms with van der Waals surface area (Å²) in [6.45, 7) is -0.397. The van der Waals surface area contributed by atoms with Gasteiger partial charge < -0.3 is 4.74 Å². The summed E-state index contributed by atoms with van der Waals surface area (Å²) in [6, 6.07) is 13.0. The summed E-state index contributed by atoms with van der Waals surface area (Å²) in [7, 11) is 0. The number of Topliss-reactive ketones (excluding diaryl/α,β-unsaturated/α-hetero) is 1. The predicted molar refractivity (Wildman–Crippen MR) is 115 cm³/mol. The van der Waals surface area contributed by atoms with Gasteiger partial charge in [-0.05, 0) is 48.6 Å². The molecular weight excluding hydrogens is 462 g/mol. The highest BCUT2D eigenvalue weighted by atomic mass is 79.9. The second-order valence-corrected chi connectivity index (χ2v) is 8.98. The van der Waals surface area contributed by atoms with E-state index in [2.05, 4.69) is 15.9 Å². The van der Waals surface area contributed by atoms with E-state index in [0.717, 1.165) is 10.9 Å². The molecule has 1 saturated heterocycles. The van der Waals surface area contributed by atoms with Gasteiger partial charge in [0, 0.05) is 10.0 Å². The van der Waals surface area contributed by atoms with E-state index in [0.29, 0.717) is 11.3 Å². The number of carbonyl (C=O) groups excluding carboxylic acids is 4. The Bertz CT molecular complexity index is 1110. The minimum Gasteiger partial charge on any atom is -0.454 e. The maximum Gasteiger partial charge on any atom is 0.338 e. The van der Waals surface area contributed by atoms with E-state index in [-0.39, 0.29) is 46.8 Å². The van der Waals surface area contributed by atoms with Crippen molar-refractivity contribution in [2.75, 3.05) is 11.5 Å². The largest absolute Gasteiger partial charge is 0.454 e. The first-order valence-electron chi connectivity index (χ1n) is 10.1. The highest BCUT2D eigenvalue weighted by molar-refractivity contribution is 9.10. The van der Waals surface area contributed by atoms with Crippen LogP contribution in [-0.2, 0) is 14.3 Å². The van der Waals surface area contributed by atoms with Gasteiger partial charge in [0.15, 0.2) is 12.4 Å². The number of hydrogen-bond acceptors (Lipinski definition) is 5. The van der Waals surface area contributed by atoms with Crippen molar-refractivity contribution in [3.63, 3.8) is 0 Å². The number of fused-ring (bicyclic) bond motifs is 5. The smallest absolute Gasteiger partial charge is 0.338 e. The summed E-state index contributed by atoms with van der Waals surface area (Å²) in [6.07, 6.45) is 4.94. The van der Waals surface area contributed by atoms with Crippen molar-refractivity contribution in [1.82, 2.24) is 0 Å². The number of amides is 2. The van der Waals surface area contributed by atoms with Gasteiger partial charge in [-0.15, -0.1) is 0 Å². The minimum absolute atomic E-state index is 0.120. The highest BCUT2D eigenvalue weighted by Crippen LogP contribution is 2.53. The lowest BCUT2D eigenvalue weighted by molar-refractivity contribution is -0.123. The molecule has 2 aliphatic carbocycles. The van der Waals surface area contributed by atoms with Crippen molar-refractivity contribution in [3.8, 4) is 0 Å². The van der Waals surface area contributed by atoms with Crippen LogP contribution in [-0.4, -0.2) is 30.2 Å². The molecule has 31 heavy (non-hydrogen) atoms. The van der Waals surface area contributed by atoms with Gasteiger partial charge in [-0.3, -0.25) is 14.4 Å². The van der Waals surface area contributed by atoms with Gasteiger partial charge in [0.2, 0.25) is 11.8 Å². The van der Waals surface area contributed by atoms with E-state index in [1.54, 1.807) is 36.4 Å². The Hall–Kier alpha value is -3.06. The average molecular weight is 480 g/mol. The number of imide groups is 1. The Balaban J connectivity index is 1.30. The van der Waals surface area contributed by atoms with E-state index in [4.69, 9.17) is 4.74 Å². The number of ether oxygens (including phenoxy) is 1. The topological polar surface area (TPSA) is 80.8 Å². The number of benzene rings is 2. The first-order chi connectivity index (χ1) is 14.9. The summed E-state index contributed by atoms with van der Waals surface area (Å²) in [4.78, 5) is 51.9. The molecule has 0 aromatic heterocycles. The third-order valence-electron chi connectivity index (χ3n) is 6.31. The quantitative estimate of drug-likeness (QED) is 0.282. The van der Waals surface area contributed by atoms with E-state index in [1.807, 2.05) is 12.2 Å². The van der Waals surface area contributed by atoms with Gasteiger partial charge >= 0.3 is 5.97 Å². The van der Waals surface area contributed by atoms with Crippen molar-refractivity contribution in [3.05, 3.63) is 76.3 Å². The molecule has 0 unspecified atom stereocenters. The summed E-state index contributed by atoms with van der Waals surface area (Å²) >= 11 is 3.30. The number of ketones is 1. The van der Waals surface area contributed by atoms with Gasteiger partial charge in [-0.1, -0.05) is 46.3 Å². The number of hydrogen-bond donors (Lipinski definition) is 0. The molecule has 1 aliphatic heterocycles. The van der Waals surface area contributed by atoms with Crippen LogP contribution in [0.25, 0.3) is 0 Å². The zero-order chi connectivity index (χ0) is 21.7. The van der Waals surface area contributed by atoms with Crippen molar-refractivity contribution < 1.29 is 23.9 Å². The number of carbonyl (C=O) groups is 4. The fraction of sp³-hybridized carbons (Fsp3) is 0.250. The average Bonchev–Trinajstić information content (AvgIpc) is 3.46. The van der Waals surface area contributed by atoms with Crippen molar-refractivity contribution in [1.29, 1.82) is 0 Å². The van der Waals surface area contributed by atoms with Gasteiger partial charge in [0.25, 0.3) is 0 Å². The summed E-state index contributed by atoms with van der Waals surface area (Å²) < 4.78 is 6.01. The molecule has 2 aromatic rings. The molecule has 7 heteroatoms. The molecule has 6 nitrogen and oxygen atoms in total. The molecule has 0 spiro atoms. The Morgan fingerprint density at radius 2 is 1.58 bits per heavy atom. The van der Waals surface area contributed by atoms with E-state index < -0.39 is 12.6 Å². The molecule has 1 saturated carbocycles. The molecule has 1 heterocycles. The minimum atomic E-state index is -0.687. The number of esters is 1. The molecule has 2 fully saturated rings. The molecule has 2 bridgehead atoms. The lowest BCUT2D eigenvalue weighted by Crippen LogP contribution is -2.33. The number of rotatable bonds is 5. The van der Waals surface area contributed by atoms with Crippen LogP contribution in [0.5, 0.6) is 0 Å². The second-order valence-electron chi connectivity index (χ2n) is 8.07. The van der Waals surface area contributed by atoms with Crippen LogP contribution in [0, 0.1) is 23.7 Å². The maximum atomic E-state index is 13.0. The van der Waals surface area contributed by atoms with Gasteiger partial charge in [0.05, 0.1) is 23.1 Å². The molecule has 5 rings (SSSR count). The predicted octanol–water partition coefficient (Wildman–Crippen LogP) is 3.80. The number of nitrogens with zero attached hydrogens (tertiary/aromatic N) is 1. The van der Waals surface area contributed by atoms with Crippen LogP contribution >= 0.6 is 15.9 Å². The van der Waals surface area contributed by atoms with Crippen LogP contribution in [0.15, 0.2) is 65.2 Å². The van der Waals surface area contributed by atoms with Crippen LogP contribution < -0.4 is 4.90 Å². The lowest BCUT2D eigenvalue weighted by Gasteiger charge is -2.18. The molecule has 2 aromatic carbocycles. The third-order valence-corrected chi connectivity index (χ3v) is 6.84. The summed E-state index contributed by atoms with van der Waals surface area (Å²) in [5.41, 5.74) is 0.977. The fourth-order valence-corrected chi connectivity index (χ4v) is 5.13. The van der Waals surface area contributed by atoms with Crippen molar-refractivity contribution in [2.45, 2.75) is 6.42 Å². The van der Waals surface area contributed by atoms with Crippen molar-refractivity contribution in [2.24, 2.45) is 23.7 Å². The Kier molecular flexibility index (Phi) is 4.85. The van der Waals surface area contributed by atoms with Gasteiger partial charge in [-0.25, -0.2) is 9.69 Å². The molecule has 3 aliphatic rings. The number of halogens is 1. The van der Waals surface area contributed by atoms with E-state index in [9.17, 15) is 19.2 Å². The first kappa shape index (κ1) is 19.9. The van der Waals surface area contributed by atoms with Crippen molar-refractivity contribution >= 4 is 45.2 Å². The Morgan fingerprint density at radius 1 is 0.935 bits per heavy atom. The van der Waals surface area contributed by atoms with E-state index in [1.165, 1.54) is 17.0 Å². The number of allylic oxidation sites excluding steroid dienone is 2. The highest BCUT2D eigenvalue weighted by Gasteiger charge is 2.59. The SMILES string of the molecule is O=C(COC(=O)c1cccc(N2C(=O)[C@@H]3[C@H](C2=O)[C@@H]2C=C[C@@H]3C2)c1)c1ccc(Br)cc1. The third kappa shape index (κ3) is 3.33. The standard InChI is InChI=1S/C24H18BrNO5/c25-17-8-6-13(7-9-17)19(27)12-31-24(30)16-2-1-3-18(11-16)26-22(28)20-14-4-5-15(10-14)21(20)23(26)29/h1-9,11,14-15,20-21H,10,12H2/t14-,15-,20-,21+/m1/s1. The fourth-order valence-electron chi connectivity index (χ4n) is 4.86. The first-order valence-corrected chi connectivity index (χ1v) is 10.9. The zero-order valence-corrected chi connectivity index (χ0v) is 17.9. The zero-order valence-electron chi connectivity index (χ0n) is 16.4.